The summed E-state index contributed by atoms with van der Waals surface area (Å²) in [7, 11) is 2.08. The van der Waals surface area contributed by atoms with E-state index in [9.17, 15) is 0 Å². The summed E-state index contributed by atoms with van der Waals surface area (Å²) < 4.78 is 0. The van der Waals surface area contributed by atoms with E-state index < -0.39 is 0 Å². The second kappa shape index (κ2) is 5.68. The second-order valence-electron chi connectivity index (χ2n) is 4.43. The van der Waals surface area contributed by atoms with E-state index in [0.717, 1.165) is 28.7 Å². The minimum absolute atomic E-state index is 0.731. The Morgan fingerprint density at radius 2 is 2.38 bits per heavy atom. The maximum atomic E-state index is 4.29. The Morgan fingerprint density at radius 3 is 3.06 bits per heavy atom. The molecule has 1 fully saturated rings. The van der Waals surface area contributed by atoms with Gasteiger partial charge in [-0.25, -0.2) is 4.98 Å². The number of nitrogens with one attached hydrogen (secondary N) is 2. The van der Waals surface area contributed by atoms with Gasteiger partial charge < -0.3 is 5.32 Å². The molecule has 0 radical (unpaired) electrons. The Hall–Kier alpha value is -0.550. The Morgan fingerprint density at radius 1 is 1.50 bits per heavy atom. The van der Waals surface area contributed by atoms with E-state index in [-0.39, 0.29) is 0 Å². The summed E-state index contributed by atoms with van der Waals surface area (Å²) in [6, 6.07) is 0.731. The van der Waals surface area contributed by atoms with Gasteiger partial charge in [-0.3, -0.25) is 5.10 Å². The first-order valence-electron chi connectivity index (χ1n) is 5.98. The van der Waals surface area contributed by atoms with Crippen LogP contribution in [0.1, 0.15) is 31.5 Å². The molecule has 2 rings (SSSR count). The smallest absolute Gasteiger partial charge is 0.208 e. The highest BCUT2D eigenvalue weighted by atomic mass is 32.2. The van der Waals surface area contributed by atoms with Crippen molar-refractivity contribution in [3.63, 3.8) is 0 Å². The van der Waals surface area contributed by atoms with Crippen LogP contribution in [-0.2, 0) is 0 Å². The zero-order valence-electron chi connectivity index (χ0n) is 9.99. The van der Waals surface area contributed by atoms with Gasteiger partial charge in [-0.15, -0.1) is 5.10 Å². The molecular weight excluding hydrogens is 220 g/mol. The van der Waals surface area contributed by atoms with E-state index in [1.54, 1.807) is 11.8 Å². The monoisotopic (exact) mass is 240 g/mol. The molecule has 0 bridgehead atoms. The molecule has 1 aromatic rings. The van der Waals surface area contributed by atoms with E-state index in [1.165, 1.54) is 25.7 Å². The third-order valence-corrected chi connectivity index (χ3v) is 4.21. The Kier molecular flexibility index (Phi) is 4.23. The summed E-state index contributed by atoms with van der Waals surface area (Å²) in [5.41, 5.74) is 0. The van der Waals surface area contributed by atoms with Crippen molar-refractivity contribution >= 4 is 11.8 Å². The number of aromatic amines is 1. The van der Waals surface area contributed by atoms with Gasteiger partial charge >= 0.3 is 0 Å². The number of H-pyrrole nitrogens is 1. The summed E-state index contributed by atoms with van der Waals surface area (Å²) in [6.45, 7) is 1.94. The highest BCUT2D eigenvalue weighted by molar-refractivity contribution is 7.99. The minimum Gasteiger partial charge on any atom is -0.317 e. The Balaban J connectivity index is 1.71. The van der Waals surface area contributed by atoms with Crippen LogP contribution in [0, 0.1) is 12.8 Å². The number of aryl methyl sites for hydroxylation is 1. The molecule has 1 aliphatic carbocycles. The lowest BCUT2D eigenvalue weighted by molar-refractivity contribution is 0.417. The van der Waals surface area contributed by atoms with Gasteiger partial charge in [0.05, 0.1) is 0 Å². The van der Waals surface area contributed by atoms with Gasteiger partial charge in [0, 0.05) is 11.8 Å². The number of nitrogens with zero attached hydrogens (tertiary/aromatic N) is 2. The predicted molar refractivity (Wildman–Crippen MR) is 66.6 cm³/mol. The fraction of sp³-hybridized carbons (Fsp3) is 0.818. The van der Waals surface area contributed by atoms with E-state index in [0.29, 0.717) is 0 Å². The molecule has 2 N–H and O–H groups in total. The molecule has 0 aliphatic heterocycles. The largest absolute Gasteiger partial charge is 0.317 e. The van der Waals surface area contributed by atoms with Crippen molar-refractivity contribution in [2.24, 2.45) is 5.92 Å². The summed E-state index contributed by atoms with van der Waals surface area (Å²) in [6.07, 6.45) is 5.36. The van der Waals surface area contributed by atoms with Gasteiger partial charge in [0.15, 0.2) is 0 Å². The average molecular weight is 240 g/mol. The van der Waals surface area contributed by atoms with Crippen molar-refractivity contribution < 1.29 is 0 Å². The second-order valence-corrected chi connectivity index (χ2v) is 5.49. The van der Waals surface area contributed by atoms with Crippen LogP contribution in [-0.4, -0.2) is 34.0 Å². The SMILES string of the molecule is CNC1CCCC1CCSc1n[nH]c(C)n1. The molecule has 5 heteroatoms. The molecule has 2 unspecified atom stereocenters. The quantitative estimate of drug-likeness (QED) is 0.773. The highest BCUT2D eigenvalue weighted by Crippen LogP contribution is 2.30. The maximum absolute atomic E-state index is 4.29. The fourth-order valence-corrected chi connectivity index (χ4v) is 3.37. The van der Waals surface area contributed by atoms with E-state index >= 15 is 0 Å². The van der Waals surface area contributed by atoms with Crippen molar-refractivity contribution in [1.82, 2.24) is 20.5 Å². The molecule has 16 heavy (non-hydrogen) atoms. The molecule has 1 aliphatic rings. The number of hydrogen-bond donors (Lipinski definition) is 2. The van der Waals surface area contributed by atoms with Crippen molar-refractivity contribution in [2.45, 2.75) is 43.8 Å². The van der Waals surface area contributed by atoms with E-state index in [4.69, 9.17) is 0 Å². The average Bonchev–Trinajstić information content (AvgIpc) is 2.87. The van der Waals surface area contributed by atoms with Gasteiger partial charge in [0.25, 0.3) is 0 Å². The van der Waals surface area contributed by atoms with Crippen LogP contribution in [0.4, 0.5) is 0 Å². The molecular formula is C11H20N4S. The fourth-order valence-electron chi connectivity index (χ4n) is 2.45. The lowest BCUT2D eigenvalue weighted by atomic mass is 10.0. The van der Waals surface area contributed by atoms with Crippen molar-refractivity contribution in [2.75, 3.05) is 12.8 Å². The van der Waals surface area contributed by atoms with Crippen LogP contribution in [0.3, 0.4) is 0 Å². The van der Waals surface area contributed by atoms with Crippen LogP contribution in [0.5, 0.6) is 0 Å². The number of rotatable bonds is 5. The van der Waals surface area contributed by atoms with Gasteiger partial charge in [0.1, 0.15) is 5.82 Å². The van der Waals surface area contributed by atoms with E-state index in [1.807, 2.05) is 6.92 Å². The Bertz CT molecular complexity index is 326. The van der Waals surface area contributed by atoms with Gasteiger partial charge in [-0.05, 0) is 39.2 Å². The topological polar surface area (TPSA) is 53.6 Å². The van der Waals surface area contributed by atoms with Gasteiger partial charge in [0.2, 0.25) is 5.16 Å². The normalized spacial score (nSPS) is 25.1. The Labute approximate surface area is 101 Å². The highest BCUT2D eigenvalue weighted by Gasteiger charge is 2.25. The van der Waals surface area contributed by atoms with Crippen LogP contribution >= 0.6 is 11.8 Å². The summed E-state index contributed by atoms with van der Waals surface area (Å²) in [4.78, 5) is 4.29. The zero-order chi connectivity index (χ0) is 11.4. The molecule has 0 amide bonds. The third-order valence-electron chi connectivity index (χ3n) is 3.33. The maximum Gasteiger partial charge on any atom is 0.208 e. The van der Waals surface area contributed by atoms with Crippen molar-refractivity contribution in [3.05, 3.63) is 5.82 Å². The molecule has 1 aromatic heterocycles. The third kappa shape index (κ3) is 2.98. The van der Waals surface area contributed by atoms with Crippen LogP contribution in [0.15, 0.2) is 5.16 Å². The van der Waals surface area contributed by atoms with Crippen molar-refractivity contribution in [3.8, 4) is 0 Å². The molecule has 0 spiro atoms. The molecule has 0 saturated heterocycles. The van der Waals surface area contributed by atoms with Crippen LogP contribution < -0.4 is 5.32 Å². The molecule has 1 heterocycles. The summed E-state index contributed by atoms with van der Waals surface area (Å²) in [5.74, 6) is 2.87. The lowest BCUT2D eigenvalue weighted by Crippen LogP contribution is -2.29. The number of thioether (sulfide) groups is 1. The van der Waals surface area contributed by atoms with Gasteiger partial charge in [-0.2, -0.15) is 0 Å². The minimum atomic E-state index is 0.731. The first-order chi connectivity index (χ1) is 7.79. The molecule has 1 saturated carbocycles. The van der Waals surface area contributed by atoms with Crippen molar-refractivity contribution in [1.29, 1.82) is 0 Å². The zero-order valence-corrected chi connectivity index (χ0v) is 10.8. The number of aromatic nitrogens is 3. The summed E-state index contributed by atoms with van der Waals surface area (Å²) >= 11 is 1.76. The van der Waals surface area contributed by atoms with Crippen LogP contribution in [0.25, 0.3) is 0 Å². The first kappa shape index (κ1) is 11.9. The summed E-state index contributed by atoms with van der Waals surface area (Å²) in [5, 5.41) is 11.3. The van der Waals surface area contributed by atoms with Crippen LogP contribution in [0.2, 0.25) is 0 Å². The van der Waals surface area contributed by atoms with E-state index in [2.05, 4.69) is 27.5 Å². The number of hydrogen-bond acceptors (Lipinski definition) is 4. The first-order valence-corrected chi connectivity index (χ1v) is 6.97. The molecule has 4 nitrogen and oxygen atoms in total. The molecule has 90 valence electrons. The lowest BCUT2D eigenvalue weighted by Gasteiger charge is -2.17. The molecule has 2 atom stereocenters. The molecule has 0 aromatic carbocycles. The standard InChI is InChI=1S/C11H20N4S/c1-8-13-11(15-14-8)16-7-6-9-4-3-5-10(9)12-2/h9-10,12H,3-7H2,1-2H3,(H,13,14,15). The predicted octanol–water partition coefficient (Wildman–Crippen LogP) is 1.98. The van der Waals surface area contributed by atoms with Gasteiger partial charge in [-0.1, -0.05) is 18.2 Å².